The van der Waals surface area contributed by atoms with E-state index in [4.69, 9.17) is 4.74 Å². The number of carbonyl (C=O) groups is 1. The first-order valence-electron chi connectivity index (χ1n) is 8.85. The number of amides is 1. The number of piperidine rings is 1. The minimum atomic E-state index is -3.47. The molecule has 2 heterocycles. The molecule has 138 valence electrons. The third kappa shape index (κ3) is 4.04. The average Bonchev–Trinajstić information content (AvgIpc) is 2.61. The molecular formula is C18H26N2O4S. The molecule has 1 aromatic rings. The van der Waals surface area contributed by atoms with Gasteiger partial charge in [-0.1, -0.05) is 17.7 Å². The third-order valence-electron chi connectivity index (χ3n) is 5.01. The number of rotatable bonds is 3. The summed E-state index contributed by atoms with van der Waals surface area (Å²) in [6, 6.07) is 6.92. The highest BCUT2D eigenvalue weighted by Crippen LogP contribution is 2.26. The van der Waals surface area contributed by atoms with Crippen molar-refractivity contribution in [3.05, 3.63) is 29.8 Å². The van der Waals surface area contributed by atoms with Crippen molar-refractivity contribution >= 4 is 15.9 Å². The van der Waals surface area contributed by atoms with E-state index in [0.29, 0.717) is 50.5 Å². The molecule has 1 atom stereocenters. The zero-order chi connectivity index (χ0) is 18.0. The summed E-state index contributed by atoms with van der Waals surface area (Å²) in [5, 5.41) is 0. The van der Waals surface area contributed by atoms with E-state index >= 15 is 0 Å². The number of morpholine rings is 1. The lowest BCUT2D eigenvalue weighted by Gasteiger charge is -2.36. The van der Waals surface area contributed by atoms with Gasteiger partial charge in [0.05, 0.1) is 17.6 Å². The van der Waals surface area contributed by atoms with Crippen LogP contribution in [0.3, 0.4) is 0 Å². The molecule has 2 fully saturated rings. The molecule has 1 aromatic carbocycles. The number of ether oxygens (including phenoxy) is 1. The maximum Gasteiger partial charge on any atom is 0.243 e. The van der Waals surface area contributed by atoms with Gasteiger partial charge in [-0.15, -0.1) is 0 Å². The highest BCUT2D eigenvalue weighted by molar-refractivity contribution is 7.89. The van der Waals surface area contributed by atoms with Crippen LogP contribution in [0.4, 0.5) is 0 Å². The molecule has 25 heavy (non-hydrogen) atoms. The molecule has 0 aromatic heterocycles. The van der Waals surface area contributed by atoms with Crippen LogP contribution >= 0.6 is 0 Å². The van der Waals surface area contributed by atoms with E-state index in [9.17, 15) is 13.2 Å². The molecule has 0 bridgehead atoms. The lowest BCUT2D eigenvalue weighted by atomic mass is 9.96. The van der Waals surface area contributed by atoms with Gasteiger partial charge in [-0.25, -0.2) is 8.42 Å². The number of benzene rings is 1. The van der Waals surface area contributed by atoms with Crippen LogP contribution in [0.2, 0.25) is 0 Å². The number of aryl methyl sites for hydroxylation is 1. The topological polar surface area (TPSA) is 66.9 Å². The van der Waals surface area contributed by atoms with Crippen molar-refractivity contribution in [2.75, 3.05) is 32.8 Å². The van der Waals surface area contributed by atoms with E-state index in [1.807, 2.05) is 30.9 Å². The van der Waals surface area contributed by atoms with Gasteiger partial charge >= 0.3 is 0 Å². The van der Waals surface area contributed by atoms with E-state index < -0.39 is 10.0 Å². The fourth-order valence-corrected chi connectivity index (χ4v) is 4.95. The summed E-state index contributed by atoms with van der Waals surface area (Å²) in [7, 11) is -3.47. The van der Waals surface area contributed by atoms with Gasteiger partial charge in [-0.3, -0.25) is 4.79 Å². The normalized spacial score (nSPS) is 23.6. The van der Waals surface area contributed by atoms with Gasteiger partial charge in [0.25, 0.3) is 0 Å². The average molecular weight is 366 g/mol. The summed E-state index contributed by atoms with van der Waals surface area (Å²) in [5.41, 5.74) is 1.03. The van der Waals surface area contributed by atoms with Crippen molar-refractivity contribution in [2.45, 2.75) is 37.7 Å². The standard InChI is InChI=1S/C18H26N2O4S/c1-14-3-5-17(6-4-14)25(22,23)20-9-7-16(8-10-20)18(21)19-11-12-24-15(2)13-19/h3-6,15-16H,7-13H2,1-2H3. The van der Waals surface area contributed by atoms with Crippen molar-refractivity contribution in [3.63, 3.8) is 0 Å². The molecule has 3 rings (SSSR count). The Morgan fingerprint density at radius 2 is 1.76 bits per heavy atom. The van der Waals surface area contributed by atoms with Crippen molar-refractivity contribution in [1.82, 2.24) is 9.21 Å². The van der Waals surface area contributed by atoms with E-state index in [1.54, 1.807) is 12.1 Å². The first-order chi connectivity index (χ1) is 11.9. The minimum absolute atomic E-state index is 0.0692. The van der Waals surface area contributed by atoms with Gasteiger partial charge in [0, 0.05) is 32.1 Å². The van der Waals surface area contributed by atoms with Gasteiger partial charge in [-0.05, 0) is 38.8 Å². The Labute approximate surface area is 149 Å². The molecule has 2 aliphatic rings. The van der Waals surface area contributed by atoms with E-state index in [-0.39, 0.29) is 17.9 Å². The van der Waals surface area contributed by atoms with Crippen LogP contribution < -0.4 is 0 Å². The number of hydrogen-bond acceptors (Lipinski definition) is 4. The first kappa shape index (κ1) is 18.4. The predicted molar refractivity (Wildman–Crippen MR) is 94.7 cm³/mol. The van der Waals surface area contributed by atoms with Crippen LogP contribution in [0.25, 0.3) is 0 Å². The molecule has 2 aliphatic heterocycles. The molecule has 7 heteroatoms. The zero-order valence-electron chi connectivity index (χ0n) is 14.8. The van der Waals surface area contributed by atoms with Gasteiger partial charge < -0.3 is 9.64 Å². The van der Waals surface area contributed by atoms with Gasteiger partial charge in [0.15, 0.2) is 0 Å². The SMILES string of the molecule is Cc1ccc(S(=O)(=O)N2CCC(C(=O)N3CCOC(C)C3)CC2)cc1. The summed E-state index contributed by atoms with van der Waals surface area (Å²) in [6.07, 6.45) is 1.23. The monoisotopic (exact) mass is 366 g/mol. The summed E-state index contributed by atoms with van der Waals surface area (Å²) in [6.45, 7) is 6.52. The number of hydrogen-bond donors (Lipinski definition) is 0. The van der Waals surface area contributed by atoms with Gasteiger partial charge in [-0.2, -0.15) is 4.31 Å². The second-order valence-corrected chi connectivity index (χ2v) is 8.90. The fraction of sp³-hybridized carbons (Fsp3) is 0.611. The van der Waals surface area contributed by atoms with E-state index in [0.717, 1.165) is 5.56 Å². The zero-order valence-corrected chi connectivity index (χ0v) is 15.7. The van der Waals surface area contributed by atoms with Crippen LogP contribution in [-0.4, -0.2) is 62.4 Å². The Bertz CT molecular complexity index is 709. The van der Waals surface area contributed by atoms with Crippen molar-refractivity contribution in [2.24, 2.45) is 5.92 Å². The summed E-state index contributed by atoms with van der Waals surface area (Å²) >= 11 is 0. The molecule has 1 amide bonds. The van der Waals surface area contributed by atoms with Crippen LogP contribution in [0.1, 0.15) is 25.3 Å². The van der Waals surface area contributed by atoms with Crippen LogP contribution in [0.5, 0.6) is 0 Å². The predicted octanol–water partition coefficient (Wildman–Crippen LogP) is 1.64. The Kier molecular flexibility index (Phi) is 5.46. The van der Waals surface area contributed by atoms with Crippen LogP contribution in [0.15, 0.2) is 29.2 Å². The molecule has 0 spiro atoms. The Hall–Kier alpha value is -1.44. The van der Waals surface area contributed by atoms with E-state index in [1.165, 1.54) is 4.31 Å². The molecule has 6 nitrogen and oxygen atoms in total. The molecule has 0 aliphatic carbocycles. The number of sulfonamides is 1. The Morgan fingerprint density at radius 3 is 2.36 bits per heavy atom. The van der Waals surface area contributed by atoms with Crippen molar-refractivity contribution in [3.8, 4) is 0 Å². The van der Waals surface area contributed by atoms with Crippen molar-refractivity contribution in [1.29, 1.82) is 0 Å². The maximum absolute atomic E-state index is 12.7. The van der Waals surface area contributed by atoms with Gasteiger partial charge in [0.2, 0.25) is 15.9 Å². The second kappa shape index (κ2) is 7.43. The molecule has 0 saturated carbocycles. The summed E-state index contributed by atoms with van der Waals surface area (Å²) in [5.74, 6) is 0.0531. The Morgan fingerprint density at radius 1 is 1.12 bits per heavy atom. The summed E-state index contributed by atoms with van der Waals surface area (Å²) in [4.78, 5) is 14.9. The molecule has 2 saturated heterocycles. The quantitative estimate of drug-likeness (QED) is 0.816. The molecule has 0 radical (unpaired) electrons. The summed E-state index contributed by atoms with van der Waals surface area (Å²) < 4.78 is 32.5. The molecular weight excluding hydrogens is 340 g/mol. The lowest BCUT2D eigenvalue weighted by Crippen LogP contribution is -2.49. The maximum atomic E-state index is 12.7. The molecule has 1 unspecified atom stereocenters. The van der Waals surface area contributed by atoms with Gasteiger partial charge in [0.1, 0.15) is 0 Å². The Balaban J connectivity index is 1.61. The second-order valence-electron chi connectivity index (χ2n) is 6.96. The highest BCUT2D eigenvalue weighted by atomic mass is 32.2. The third-order valence-corrected chi connectivity index (χ3v) is 6.93. The van der Waals surface area contributed by atoms with Crippen molar-refractivity contribution < 1.29 is 17.9 Å². The first-order valence-corrected chi connectivity index (χ1v) is 10.3. The molecule has 0 N–H and O–H groups in total. The lowest BCUT2D eigenvalue weighted by molar-refractivity contribution is -0.143. The van der Waals surface area contributed by atoms with E-state index in [2.05, 4.69) is 0 Å². The van der Waals surface area contributed by atoms with Crippen LogP contribution in [0, 0.1) is 12.8 Å². The fourth-order valence-electron chi connectivity index (χ4n) is 3.48. The number of nitrogens with zero attached hydrogens (tertiary/aromatic N) is 2. The minimum Gasteiger partial charge on any atom is -0.375 e. The number of carbonyl (C=O) groups excluding carboxylic acids is 1. The van der Waals surface area contributed by atoms with Crippen LogP contribution in [-0.2, 0) is 19.6 Å². The smallest absolute Gasteiger partial charge is 0.243 e. The largest absolute Gasteiger partial charge is 0.375 e. The highest BCUT2D eigenvalue weighted by Gasteiger charge is 2.34.